The molecule has 11 heteroatoms. The van der Waals surface area contributed by atoms with Crippen LogP contribution >= 0.6 is 22.7 Å². The first kappa shape index (κ1) is 20.8. The molecule has 0 aliphatic rings. The summed E-state index contributed by atoms with van der Waals surface area (Å²) in [5, 5.41) is 18.1. The average Bonchev–Trinajstić information content (AvgIpc) is 3.50. The number of rotatable bonds is 7. The lowest BCUT2D eigenvalue weighted by Crippen LogP contribution is -2.15. The second kappa shape index (κ2) is 9.14. The number of thiazole rings is 1. The maximum Gasteiger partial charge on any atom is 0.350 e. The molecule has 0 fully saturated rings. The summed E-state index contributed by atoms with van der Waals surface area (Å²) in [5.74, 6) is -0.626. The van der Waals surface area contributed by atoms with E-state index in [2.05, 4.69) is 25.8 Å². The number of tetrazole rings is 1. The van der Waals surface area contributed by atoms with Gasteiger partial charge in [0.2, 0.25) is 5.91 Å². The van der Waals surface area contributed by atoms with Crippen LogP contribution in [-0.4, -0.2) is 37.1 Å². The Labute approximate surface area is 185 Å². The largest absolute Gasteiger partial charge is 0.455 e. The molecule has 0 bridgehead atoms. The van der Waals surface area contributed by atoms with E-state index >= 15 is 0 Å². The van der Waals surface area contributed by atoms with Gasteiger partial charge in [-0.1, -0.05) is 12.1 Å². The summed E-state index contributed by atoms with van der Waals surface area (Å²) in [6.07, 6.45) is 1.56. The summed E-state index contributed by atoms with van der Waals surface area (Å²) in [6.45, 7) is 3.94. The van der Waals surface area contributed by atoms with Crippen LogP contribution < -0.4 is 5.32 Å². The van der Waals surface area contributed by atoms with Gasteiger partial charge in [-0.15, -0.1) is 27.8 Å². The summed E-state index contributed by atoms with van der Waals surface area (Å²) in [7, 11) is 0. The Morgan fingerprint density at radius 2 is 2.06 bits per heavy atom. The van der Waals surface area contributed by atoms with E-state index in [1.54, 1.807) is 16.8 Å². The van der Waals surface area contributed by atoms with Crippen LogP contribution in [0.2, 0.25) is 0 Å². The molecule has 0 saturated heterocycles. The number of anilines is 1. The standard InChI is InChI=1S/C20H18N6O3S2/c1-12-3-4-13(2)15(7-12)23-17(27)8-18-22-14(10-31-18)9-29-20(28)19-16(5-6-30-19)26-11-21-24-25-26/h3-7,10-11H,8-9H2,1-2H3,(H,23,27). The zero-order valence-electron chi connectivity index (χ0n) is 16.7. The van der Waals surface area contributed by atoms with Crippen molar-refractivity contribution in [2.75, 3.05) is 5.32 Å². The Hall–Kier alpha value is -3.44. The number of esters is 1. The fourth-order valence-electron chi connectivity index (χ4n) is 2.81. The Morgan fingerprint density at radius 3 is 2.87 bits per heavy atom. The Balaban J connectivity index is 1.33. The van der Waals surface area contributed by atoms with Gasteiger partial charge in [0.1, 0.15) is 22.8 Å². The van der Waals surface area contributed by atoms with Crippen LogP contribution in [-0.2, 0) is 22.6 Å². The van der Waals surface area contributed by atoms with Gasteiger partial charge in [0.05, 0.1) is 17.8 Å². The normalized spacial score (nSPS) is 10.8. The smallest absolute Gasteiger partial charge is 0.350 e. The molecule has 1 aromatic carbocycles. The molecule has 0 spiro atoms. The third-order valence-electron chi connectivity index (χ3n) is 4.36. The second-order valence-electron chi connectivity index (χ2n) is 6.74. The van der Waals surface area contributed by atoms with Crippen LogP contribution in [0.25, 0.3) is 5.69 Å². The summed E-state index contributed by atoms with van der Waals surface area (Å²) < 4.78 is 6.79. The molecule has 0 atom stereocenters. The molecule has 0 radical (unpaired) electrons. The van der Waals surface area contributed by atoms with E-state index in [1.807, 2.05) is 32.0 Å². The first-order chi connectivity index (χ1) is 15.0. The minimum Gasteiger partial charge on any atom is -0.455 e. The quantitative estimate of drug-likeness (QED) is 0.426. The maximum atomic E-state index is 12.5. The fourth-order valence-corrected chi connectivity index (χ4v) is 4.36. The minimum atomic E-state index is -0.484. The van der Waals surface area contributed by atoms with Crippen LogP contribution in [0.1, 0.15) is 31.5 Å². The number of amides is 1. The highest BCUT2D eigenvalue weighted by atomic mass is 32.1. The lowest BCUT2D eigenvalue weighted by atomic mass is 10.1. The van der Waals surface area contributed by atoms with Crippen LogP contribution in [0.4, 0.5) is 5.69 Å². The predicted octanol–water partition coefficient (Wildman–Crippen LogP) is 3.34. The number of aromatic nitrogens is 5. The van der Waals surface area contributed by atoms with E-state index in [1.165, 1.54) is 33.7 Å². The number of nitrogens with one attached hydrogen (secondary N) is 1. The monoisotopic (exact) mass is 454 g/mol. The van der Waals surface area contributed by atoms with Crippen molar-refractivity contribution in [3.05, 3.63) is 68.1 Å². The van der Waals surface area contributed by atoms with Crippen molar-refractivity contribution in [3.8, 4) is 5.69 Å². The van der Waals surface area contributed by atoms with Gasteiger partial charge in [0, 0.05) is 11.1 Å². The molecule has 9 nitrogen and oxygen atoms in total. The van der Waals surface area contributed by atoms with Crippen molar-refractivity contribution >= 4 is 40.2 Å². The number of carbonyl (C=O) groups excluding carboxylic acids is 2. The maximum absolute atomic E-state index is 12.5. The van der Waals surface area contributed by atoms with Gasteiger partial charge < -0.3 is 10.1 Å². The number of nitrogens with zero attached hydrogens (tertiary/aromatic N) is 5. The van der Waals surface area contributed by atoms with Gasteiger partial charge in [-0.3, -0.25) is 4.79 Å². The van der Waals surface area contributed by atoms with Gasteiger partial charge in [0.25, 0.3) is 0 Å². The van der Waals surface area contributed by atoms with E-state index in [9.17, 15) is 9.59 Å². The molecular formula is C20H18N6O3S2. The number of carbonyl (C=O) groups is 2. The third kappa shape index (κ3) is 5.01. The lowest BCUT2D eigenvalue weighted by molar-refractivity contribution is -0.115. The number of aryl methyl sites for hydroxylation is 2. The number of hydrogen-bond donors (Lipinski definition) is 1. The van der Waals surface area contributed by atoms with E-state index < -0.39 is 5.97 Å². The second-order valence-corrected chi connectivity index (χ2v) is 8.60. The zero-order chi connectivity index (χ0) is 21.8. The molecule has 1 amide bonds. The first-order valence-corrected chi connectivity index (χ1v) is 11.0. The Morgan fingerprint density at radius 1 is 1.19 bits per heavy atom. The average molecular weight is 455 g/mol. The summed E-state index contributed by atoms with van der Waals surface area (Å²) in [5.41, 5.74) is 4.02. The summed E-state index contributed by atoms with van der Waals surface area (Å²) in [4.78, 5) is 29.6. The highest BCUT2D eigenvalue weighted by molar-refractivity contribution is 7.12. The SMILES string of the molecule is Cc1ccc(C)c(NC(=O)Cc2nc(COC(=O)c3sccc3-n3cnnn3)cs2)c1. The summed E-state index contributed by atoms with van der Waals surface area (Å²) >= 11 is 2.60. The van der Waals surface area contributed by atoms with Crippen LogP contribution in [0.15, 0.2) is 41.4 Å². The van der Waals surface area contributed by atoms with E-state index in [0.29, 0.717) is 21.3 Å². The predicted molar refractivity (Wildman–Crippen MR) is 117 cm³/mol. The van der Waals surface area contributed by atoms with E-state index in [4.69, 9.17) is 4.74 Å². The highest BCUT2D eigenvalue weighted by Gasteiger charge is 2.18. The van der Waals surface area contributed by atoms with Crippen molar-refractivity contribution in [1.82, 2.24) is 25.2 Å². The molecule has 4 rings (SSSR count). The topological polar surface area (TPSA) is 112 Å². The van der Waals surface area contributed by atoms with Gasteiger partial charge in [-0.05, 0) is 52.9 Å². The van der Waals surface area contributed by atoms with Crippen LogP contribution in [0.3, 0.4) is 0 Å². The third-order valence-corrected chi connectivity index (χ3v) is 6.14. The molecule has 158 valence electrons. The van der Waals surface area contributed by atoms with Crippen molar-refractivity contribution in [2.24, 2.45) is 0 Å². The first-order valence-electron chi connectivity index (χ1n) is 9.28. The van der Waals surface area contributed by atoms with Crippen molar-refractivity contribution in [3.63, 3.8) is 0 Å². The Kier molecular flexibility index (Phi) is 6.14. The minimum absolute atomic E-state index is 0.0148. The lowest BCUT2D eigenvalue weighted by Gasteiger charge is -2.08. The van der Waals surface area contributed by atoms with Crippen molar-refractivity contribution < 1.29 is 14.3 Å². The van der Waals surface area contributed by atoms with E-state index in [-0.39, 0.29) is 18.9 Å². The molecular weight excluding hydrogens is 436 g/mol. The molecule has 0 aliphatic carbocycles. The number of hydrogen-bond acceptors (Lipinski definition) is 9. The van der Waals surface area contributed by atoms with E-state index in [0.717, 1.165) is 16.8 Å². The van der Waals surface area contributed by atoms with Crippen molar-refractivity contribution in [1.29, 1.82) is 0 Å². The van der Waals surface area contributed by atoms with Gasteiger partial charge in [-0.25, -0.2) is 9.78 Å². The van der Waals surface area contributed by atoms with Gasteiger partial charge >= 0.3 is 5.97 Å². The number of thiophene rings is 1. The van der Waals surface area contributed by atoms with Crippen molar-refractivity contribution in [2.45, 2.75) is 26.9 Å². The Bertz CT molecular complexity index is 1220. The molecule has 0 aliphatic heterocycles. The van der Waals surface area contributed by atoms with Gasteiger partial charge in [0.15, 0.2) is 0 Å². The van der Waals surface area contributed by atoms with Crippen LogP contribution in [0, 0.1) is 13.8 Å². The number of ether oxygens (including phenoxy) is 1. The molecule has 0 saturated carbocycles. The molecule has 1 N–H and O–H groups in total. The zero-order valence-corrected chi connectivity index (χ0v) is 18.4. The van der Waals surface area contributed by atoms with Gasteiger partial charge in [-0.2, -0.15) is 4.68 Å². The number of benzene rings is 1. The molecule has 0 unspecified atom stereocenters. The highest BCUT2D eigenvalue weighted by Crippen LogP contribution is 2.22. The summed E-state index contributed by atoms with van der Waals surface area (Å²) in [6, 6.07) is 7.65. The molecule has 4 aromatic rings. The fraction of sp³-hybridized carbons (Fsp3) is 0.200. The molecule has 31 heavy (non-hydrogen) atoms. The van der Waals surface area contributed by atoms with Crippen LogP contribution in [0.5, 0.6) is 0 Å². The molecule has 3 heterocycles. The molecule has 3 aromatic heterocycles.